The van der Waals surface area contributed by atoms with Crippen molar-refractivity contribution in [2.45, 2.75) is 43.8 Å². The first-order valence-corrected chi connectivity index (χ1v) is 10.00. The molecule has 132 valence electrons. The molecular weight excluding hydrogens is 344 g/mol. The fourth-order valence-corrected chi connectivity index (χ4v) is 5.19. The molecule has 2 fully saturated rings. The largest absolute Gasteiger partial charge is 0.333 e. The zero-order chi connectivity index (χ0) is 17.5. The van der Waals surface area contributed by atoms with Crippen molar-refractivity contribution in [1.29, 1.82) is 0 Å². The van der Waals surface area contributed by atoms with Crippen LogP contribution >= 0.6 is 11.3 Å². The Morgan fingerprint density at radius 3 is 2.27 bits per heavy atom. The Bertz CT molecular complexity index is 875. The Labute approximate surface area is 156 Å². The maximum absolute atomic E-state index is 13.1. The number of carbonyl (C=O) groups excluding carboxylic acids is 1. The van der Waals surface area contributed by atoms with Crippen molar-refractivity contribution >= 4 is 17.2 Å². The Balaban J connectivity index is 1.35. The molecule has 3 aromatic rings. The van der Waals surface area contributed by atoms with Crippen molar-refractivity contribution in [2.24, 2.45) is 0 Å². The van der Waals surface area contributed by atoms with Crippen LogP contribution in [0.2, 0.25) is 0 Å². The molecule has 1 aromatic carbocycles. The molecule has 2 aliphatic heterocycles. The van der Waals surface area contributed by atoms with Crippen molar-refractivity contribution in [3.8, 4) is 10.4 Å². The molecule has 5 nitrogen and oxygen atoms in total. The molecule has 26 heavy (non-hydrogen) atoms. The number of fused-ring (bicyclic) bond motifs is 2. The Kier molecular flexibility index (Phi) is 3.85. The summed E-state index contributed by atoms with van der Waals surface area (Å²) in [6, 6.07) is 13.1. The van der Waals surface area contributed by atoms with E-state index in [1.807, 2.05) is 16.9 Å². The molecule has 0 radical (unpaired) electrons. The zero-order valence-corrected chi connectivity index (χ0v) is 15.2. The average Bonchev–Trinajstić information content (AvgIpc) is 3.42. The van der Waals surface area contributed by atoms with Gasteiger partial charge in [0, 0.05) is 22.5 Å². The van der Waals surface area contributed by atoms with Crippen molar-refractivity contribution in [2.75, 3.05) is 0 Å². The van der Waals surface area contributed by atoms with Gasteiger partial charge < -0.3 is 4.90 Å². The first-order valence-electron chi connectivity index (χ1n) is 9.12. The number of nitrogens with zero attached hydrogens (tertiary/aromatic N) is 4. The minimum Gasteiger partial charge on any atom is -0.333 e. The van der Waals surface area contributed by atoms with E-state index < -0.39 is 0 Å². The summed E-state index contributed by atoms with van der Waals surface area (Å²) in [5, 5.41) is 10.7. The van der Waals surface area contributed by atoms with E-state index in [-0.39, 0.29) is 5.91 Å². The van der Waals surface area contributed by atoms with E-state index in [9.17, 15) is 4.79 Å². The van der Waals surface area contributed by atoms with Crippen LogP contribution in [0.5, 0.6) is 0 Å². The van der Waals surface area contributed by atoms with Crippen LogP contribution in [0.15, 0.2) is 54.2 Å². The molecule has 5 rings (SSSR count). The third-order valence-electron chi connectivity index (χ3n) is 5.64. The quantitative estimate of drug-likeness (QED) is 0.705. The SMILES string of the molecule is O=C(c1ccc(-c2cccs2)cc1)N1C2CCC1CC(n1nccn1)C2. The first-order chi connectivity index (χ1) is 12.8. The van der Waals surface area contributed by atoms with Crippen molar-refractivity contribution in [3.05, 3.63) is 59.7 Å². The molecule has 2 aromatic heterocycles. The molecule has 0 saturated carbocycles. The maximum atomic E-state index is 13.1. The second-order valence-electron chi connectivity index (χ2n) is 7.13. The van der Waals surface area contributed by atoms with E-state index in [4.69, 9.17) is 0 Å². The normalized spacial score (nSPS) is 24.8. The number of amides is 1. The molecule has 2 aliphatic rings. The lowest BCUT2D eigenvalue weighted by molar-refractivity contribution is 0.0512. The molecule has 2 atom stereocenters. The van der Waals surface area contributed by atoms with Gasteiger partial charge in [-0.3, -0.25) is 4.79 Å². The van der Waals surface area contributed by atoms with Crippen molar-refractivity contribution in [1.82, 2.24) is 19.9 Å². The van der Waals surface area contributed by atoms with E-state index in [0.717, 1.165) is 31.2 Å². The lowest BCUT2D eigenvalue weighted by atomic mass is 9.96. The van der Waals surface area contributed by atoms with Crippen LogP contribution in [0.1, 0.15) is 42.1 Å². The van der Waals surface area contributed by atoms with Gasteiger partial charge in [0.15, 0.2) is 0 Å². The van der Waals surface area contributed by atoms with Gasteiger partial charge in [-0.05, 0) is 54.8 Å². The molecule has 0 aliphatic carbocycles. The fraction of sp³-hybridized carbons (Fsp3) is 0.350. The number of benzene rings is 1. The van der Waals surface area contributed by atoms with Crippen LogP contribution in [0, 0.1) is 0 Å². The second kappa shape index (κ2) is 6.36. The van der Waals surface area contributed by atoms with Crippen LogP contribution in [-0.4, -0.2) is 37.9 Å². The average molecular weight is 364 g/mol. The summed E-state index contributed by atoms with van der Waals surface area (Å²) in [5.41, 5.74) is 1.96. The first kappa shape index (κ1) is 15.8. The molecular formula is C20H20N4OS. The Morgan fingerprint density at radius 2 is 1.65 bits per heavy atom. The molecule has 1 amide bonds. The van der Waals surface area contributed by atoms with Crippen molar-refractivity contribution < 1.29 is 4.79 Å². The number of aromatic nitrogens is 3. The molecule has 2 saturated heterocycles. The number of piperidine rings is 1. The Morgan fingerprint density at radius 1 is 0.962 bits per heavy atom. The zero-order valence-electron chi connectivity index (χ0n) is 14.4. The van der Waals surface area contributed by atoms with Crippen LogP contribution in [0.4, 0.5) is 0 Å². The standard InChI is InChI=1S/C20H20N4OS/c25-20(15-5-3-14(4-6-15)19-2-1-11-26-19)23-16-7-8-17(23)13-18(12-16)24-21-9-10-22-24/h1-6,9-11,16-18H,7-8,12-13H2. The molecule has 2 bridgehead atoms. The Hall–Kier alpha value is -2.47. The van der Waals surface area contributed by atoms with Crippen LogP contribution < -0.4 is 0 Å². The van der Waals surface area contributed by atoms with Gasteiger partial charge in [-0.15, -0.1) is 11.3 Å². The lowest BCUT2D eigenvalue weighted by Gasteiger charge is -2.38. The van der Waals surface area contributed by atoms with Crippen LogP contribution in [-0.2, 0) is 0 Å². The molecule has 2 unspecified atom stereocenters. The van der Waals surface area contributed by atoms with Gasteiger partial charge in [0.05, 0.1) is 18.4 Å². The van der Waals surface area contributed by atoms with Gasteiger partial charge in [-0.1, -0.05) is 18.2 Å². The maximum Gasteiger partial charge on any atom is 0.254 e. The monoisotopic (exact) mass is 364 g/mol. The predicted octanol–water partition coefficient (Wildman–Crippen LogP) is 4.01. The van der Waals surface area contributed by atoms with Crippen molar-refractivity contribution in [3.63, 3.8) is 0 Å². The topological polar surface area (TPSA) is 51.0 Å². The third kappa shape index (κ3) is 2.65. The van der Waals surface area contributed by atoms with Gasteiger partial charge in [-0.2, -0.15) is 15.0 Å². The number of rotatable bonds is 3. The molecule has 4 heterocycles. The van der Waals surface area contributed by atoms with Gasteiger partial charge in [-0.25, -0.2) is 0 Å². The third-order valence-corrected chi connectivity index (χ3v) is 6.56. The highest BCUT2D eigenvalue weighted by molar-refractivity contribution is 7.13. The highest BCUT2D eigenvalue weighted by Crippen LogP contribution is 2.41. The van der Waals surface area contributed by atoms with Crippen LogP contribution in [0.3, 0.4) is 0 Å². The lowest BCUT2D eigenvalue weighted by Crippen LogP contribution is -2.47. The second-order valence-corrected chi connectivity index (χ2v) is 8.07. The summed E-state index contributed by atoms with van der Waals surface area (Å²) in [5.74, 6) is 0.169. The van der Waals surface area contributed by atoms with E-state index in [2.05, 4.69) is 44.7 Å². The summed E-state index contributed by atoms with van der Waals surface area (Å²) < 4.78 is 0. The smallest absolute Gasteiger partial charge is 0.254 e. The van der Waals surface area contributed by atoms with Gasteiger partial charge in [0.25, 0.3) is 5.91 Å². The van der Waals surface area contributed by atoms with E-state index in [1.165, 1.54) is 10.4 Å². The number of hydrogen-bond acceptors (Lipinski definition) is 4. The summed E-state index contributed by atoms with van der Waals surface area (Å²) in [6.07, 6.45) is 7.53. The van der Waals surface area contributed by atoms with E-state index >= 15 is 0 Å². The highest BCUT2D eigenvalue weighted by Gasteiger charge is 2.44. The summed E-state index contributed by atoms with van der Waals surface area (Å²) in [6.45, 7) is 0. The van der Waals surface area contributed by atoms with E-state index in [0.29, 0.717) is 18.1 Å². The molecule has 0 spiro atoms. The minimum atomic E-state index is 0.169. The molecule has 6 heteroatoms. The van der Waals surface area contributed by atoms with Gasteiger partial charge in [0.1, 0.15) is 0 Å². The number of hydrogen-bond donors (Lipinski definition) is 0. The molecule has 0 N–H and O–H groups in total. The number of thiophene rings is 1. The fourth-order valence-electron chi connectivity index (χ4n) is 4.45. The minimum absolute atomic E-state index is 0.169. The number of carbonyl (C=O) groups is 1. The van der Waals surface area contributed by atoms with Gasteiger partial charge in [0.2, 0.25) is 0 Å². The summed E-state index contributed by atoms with van der Waals surface area (Å²) in [4.78, 5) is 18.3. The van der Waals surface area contributed by atoms with Crippen LogP contribution in [0.25, 0.3) is 10.4 Å². The van der Waals surface area contributed by atoms with Gasteiger partial charge >= 0.3 is 0 Å². The summed E-state index contributed by atoms with van der Waals surface area (Å²) >= 11 is 1.72. The predicted molar refractivity (Wildman–Crippen MR) is 101 cm³/mol. The highest BCUT2D eigenvalue weighted by atomic mass is 32.1. The van der Waals surface area contributed by atoms with E-state index in [1.54, 1.807) is 23.7 Å². The summed E-state index contributed by atoms with van der Waals surface area (Å²) in [7, 11) is 0.